The Balaban J connectivity index is 0.842. The molecular formula is C50H50N8O7. The predicted octanol–water partition coefficient (Wildman–Crippen LogP) is 5.71. The van der Waals surface area contributed by atoms with Crippen LogP contribution in [0.15, 0.2) is 109 Å². The van der Waals surface area contributed by atoms with E-state index >= 15 is 0 Å². The number of hydrogen-bond acceptors (Lipinski definition) is 10. The molecule has 15 heteroatoms. The summed E-state index contributed by atoms with van der Waals surface area (Å²) >= 11 is 0. The Labute approximate surface area is 375 Å². The molecule has 0 bridgehead atoms. The highest BCUT2D eigenvalue weighted by molar-refractivity contribution is 6.25. The molecule has 1 saturated heterocycles. The fourth-order valence-electron chi connectivity index (χ4n) is 9.31. The molecule has 1 unspecified atom stereocenters. The first-order valence-corrected chi connectivity index (χ1v) is 22.1. The molecule has 1 aliphatic carbocycles. The molecular weight excluding hydrogens is 825 g/mol. The van der Waals surface area contributed by atoms with Gasteiger partial charge >= 0.3 is 0 Å². The van der Waals surface area contributed by atoms with E-state index < -0.39 is 29.7 Å². The van der Waals surface area contributed by atoms with Gasteiger partial charge < -0.3 is 29.6 Å². The maximum atomic E-state index is 13.4. The third-order valence-corrected chi connectivity index (χ3v) is 12.5. The van der Waals surface area contributed by atoms with E-state index in [1.54, 1.807) is 18.5 Å². The van der Waals surface area contributed by atoms with Crippen LogP contribution in [0.2, 0.25) is 0 Å². The van der Waals surface area contributed by atoms with Gasteiger partial charge in [0.2, 0.25) is 17.7 Å². The van der Waals surface area contributed by atoms with E-state index in [0.717, 1.165) is 56.6 Å². The maximum Gasteiger partial charge on any atom is 0.264 e. The fraction of sp³-hybridized carbons (Fsp3) is 0.300. The molecule has 15 nitrogen and oxygen atoms in total. The smallest absolute Gasteiger partial charge is 0.264 e. The Bertz CT molecular complexity index is 2850. The maximum absolute atomic E-state index is 13.4. The van der Waals surface area contributed by atoms with Gasteiger partial charge in [-0.1, -0.05) is 91.0 Å². The van der Waals surface area contributed by atoms with Gasteiger partial charge in [0.05, 0.1) is 47.9 Å². The molecule has 4 heterocycles. The Kier molecular flexibility index (Phi) is 12.5. The van der Waals surface area contributed by atoms with Gasteiger partial charge in [0.15, 0.2) is 0 Å². The molecule has 0 radical (unpaired) electrons. The number of fused-ring (bicyclic) bond motifs is 2. The minimum atomic E-state index is -1.05. The van der Waals surface area contributed by atoms with E-state index in [9.17, 15) is 34.5 Å². The molecule has 0 spiro atoms. The number of imide groups is 2. The number of nitrogens with zero attached hydrogens (tertiary/aromatic N) is 4. The van der Waals surface area contributed by atoms with E-state index in [1.165, 1.54) is 6.07 Å². The van der Waals surface area contributed by atoms with Gasteiger partial charge in [-0.15, -0.1) is 0 Å². The highest BCUT2D eigenvalue weighted by Crippen LogP contribution is 2.40. The Morgan fingerprint density at radius 3 is 2.29 bits per heavy atom. The summed E-state index contributed by atoms with van der Waals surface area (Å²) in [4.78, 5) is 69.6. The van der Waals surface area contributed by atoms with Crippen LogP contribution in [-0.4, -0.2) is 85.6 Å². The lowest BCUT2D eigenvalue weighted by Gasteiger charge is -2.27. The highest BCUT2D eigenvalue weighted by atomic mass is 16.5. The molecule has 1 atom stereocenters. The minimum Gasteiger partial charge on any atom is -0.393 e. The van der Waals surface area contributed by atoms with Crippen LogP contribution >= 0.6 is 0 Å². The van der Waals surface area contributed by atoms with Crippen molar-refractivity contribution in [2.24, 2.45) is 0 Å². The lowest BCUT2D eigenvalue weighted by atomic mass is 9.93. The van der Waals surface area contributed by atoms with Crippen LogP contribution in [0, 0.1) is 5.41 Å². The first-order valence-electron chi connectivity index (χ1n) is 22.1. The number of aliphatic hydroxyl groups is 1. The largest absolute Gasteiger partial charge is 0.393 e. The van der Waals surface area contributed by atoms with E-state index in [1.807, 2.05) is 53.1 Å². The molecule has 332 valence electrons. The average molecular weight is 875 g/mol. The molecule has 6 aromatic rings. The second-order valence-corrected chi connectivity index (χ2v) is 16.8. The molecule has 2 aromatic heterocycles. The van der Waals surface area contributed by atoms with Crippen LogP contribution in [0.25, 0.3) is 33.4 Å². The van der Waals surface area contributed by atoms with Gasteiger partial charge in [0, 0.05) is 49.8 Å². The van der Waals surface area contributed by atoms with Crippen molar-refractivity contribution in [3.05, 3.63) is 137 Å². The zero-order valence-electron chi connectivity index (χ0n) is 35.8. The summed E-state index contributed by atoms with van der Waals surface area (Å²) in [7, 11) is 0. The zero-order valence-corrected chi connectivity index (χ0v) is 35.8. The number of benzene rings is 4. The molecule has 2 fully saturated rings. The standard InChI is InChI=1S/C50H50N8O7/c51-46-44-42(33-11-3-1-4-12-33)45(34-13-5-2-6-14-34)56(47(44)54-30-57(46)35-17-19-36(59)20-18-35)29-32-10-7-9-31(27-32)28-53-40(60)23-25-65-26-24-52-38-16-8-15-37-43(38)50(64)58(49(37)63)39-21-22-41(61)55-48(39)62/h1-16,27,30,35-36,39,51-52,59H,17-26,28-29H2,(H,53,60)(H,55,61,62). The van der Waals surface area contributed by atoms with Gasteiger partial charge in [0.25, 0.3) is 11.8 Å². The Morgan fingerprint density at radius 1 is 0.815 bits per heavy atom. The number of rotatable bonds is 15. The number of amides is 5. The van der Waals surface area contributed by atoms with Crippen molar-refractivity contribution in [2.45, 2.75) is 76.2 Å². The molecule has 5 amide bonds. The number of anilines is 1. The zero-order chi connectivity index (χ0) is 45.0. The van der Waals surface area contributed by atoms with Crippen molar-refractivity contribution in [1.82, 2.24) is 29.7 Å². The van der Waals surface area contributed by atoms with Crippen LogP contribution in [0.5, 0.6) is 0 Å². The fourth-order valence-corrected chi connectivity index (χ4v) is 9.31. The van der Waals surface area contributed by atoms with Crippen LogP contribution < -0.4 is 21.4 Å². The van der Waals surface area contributed by atoms with Crippen molar-refractivity contribution < 1.29 is 33.8 Å². The average Bonchev–Trinajstić information content (AvgIpc) is 3.78. The number of aromatic nitrogens is 3. The van der Waals surface area contributed by atoms with Crippen LogP contribution in [0.1, 0.15) is 82.8 Å². The van der Waals surface area contributed by atoms with Gasteiger partial charge in [-0.25, -0.2) is 4.98 Å². The van der Waals surface area contributed by atoms with Crippen LogP contribution in [-0.2, 0) is 32.2 Å². The number of piperidine rings is 1. The quantitative estimate of drug-likeness (QED) is 0.0633. The minimum absolute atomic E-state index is 0.0411. The van der Waals surface area contributed by atoms with E-state index in [2.05, 4.69) is 56.9 Å². The predicted molar refractivity (Wildman–Crippen MR) is 242 cm³/mol. The molecule has 2 aliphatic heterocycles. The van der Waals surface area contributed by atoms with Crippen molar-refractivity contribution >= 4 is 46.3 Å². The van der Waals surface area contributed by atoms with E-state index in [-0.39, 0.29) is 61.7 Å². The second kappa shape index (κ2) is 18.9. The van der Waals surface area contributed by atoms with Crippen molar-refractivity contribution in [3.8, 4) is 22.4 Å². The lowest BCUT2D eigenvalue weighted by molar-refractivity contribution is -0.136. The molecule has 9 rings (SSSR count). The number of carbonyl (C=O) groups is 5. The van der Waals surface area contributed by atoms with Gasteiger partial charge in [-0.3, -0.25) is 39.6 Å². The Morgan fingerprint density at radius 2 is 1.54 bits per heavy atom. The summed E-state index contributed by atoms with van der Waals surface area (Å²) in [6.45, 7) is 1.47. The SMILES string of the molecule is N=c1c2c(-c3ccccc3)c(-c3ccccc3)n(Cc3cccc(CNC(=O)CCOCCNc4cccc5c4C(=O)N(C4CCC(=O)NC4=O)C5=O)c3)c2ncn1C1CCC(O)CC1. The highest BCUT2D eigenvalue weighted by Gasteiger charge is 2.45. The first kappa shape index (κ1) is 43.0. The number of hydrogen-bond donors (Lipinski definition) is 5. The lowest BCUT2D eigenvalue weighted by Crippen LogP contribution is -2.54. The Hall–Kier alpha value is -7.23. The summed E-state index contributed by atoms with van der Waals surface area (Å²) in [5, 5.41) is 29.0. The van der Waals surface area contributed by atoms with Gasteiger partial charge in [-0.05, 0) is 66.5 Å². The summed E-state index contributed by atoms with van der Waals surface area (Å²) in [6.07, 6.45) is 4.71. The number of carbonyl (C=O) groups excluding carboxylic acids is 5. The second-order valence-electron chi connectivity index (χ2n) is 16.8. The molecule has 1 saturated carbocycles. The molecule has 65 heavy (non-hydrogen) atoms. The van der Waals surface area contributed by atoms with Crippen molar-refractivity contribution in [1.29, 1.82) is 5.41 Å². The number of ether oxygens (including phenoxy) is 1. The number of nitrogens with one attached hydrogen (secondary N) is 4. The van der Waals surface area contributed by atoms with Crippen molar-refractivity contribution in [3.63, 3.8) is 0 Å². The third-order valence-electron chi connectivity index (χ3n) is 12.5. The van der Waals surface area contributed by atoms with Gasteiger partial charge in [0.1, 0.15) is 17.2 Å². The van der Waals surface area contributed by atoms with E-state index in [0.29, 0.717) is 49.3 Å². The summed E-state index contributed by atoms with van der Waals surface area (Å²) < 4.78 is 9.92. The summed E-state index contributed by atoms with van der Waals surface area (Å²) in [5.41, 5.74) is 7.74. The van der Waals surface area contributed by atoms with Crippen molar-refractivity contribution in [2.75, 3.05) is 25.1 Å². The first-order chi connectivity index (χ1) is 31.7. The van der Waals surface area contributed by atoms with Crippen LogP contribution in [0.3, 0.4) is 0 Å². The topological polar surface area (TPSA) is 201 Å². The molecule has 4 aromatic carbocycles. The van der Waals surface area contributed by atoms with Crippen LogP contribution in [0.4, 0.5) is 5.69 Å². The number of aliphatic hydroxyl groups excluding tert-OH is 1. The summed E-state index contributed by atoms with van der Waals surface area (Å²) in [6, 6.07) is 32.4. The van der Waals surface area contributed by atoms with Gasteiger partial charge in [-0.2, -0.15) is 0 Å². The third kappa shape index (κ3) is 8.84. The summed E-state index contributed by atoms with van der Waals surface area (Å²) in [5.74, 6) is -2.44. The normalized spacial score (nSPS) is 18.5. The molecule has 3 aliphatic rings. The molecule has 5 N–H and O–H groups in total. The van der Waals surface area contributed by atoms with E-state index in [4.69, 9.17) is 9.72 Å². The monoisotopic (exact) mass is 874 g/mol.